The summed E-state index contributed by atoms with van der Waals surface area (Å²) >= 11 is 1.46. The number of ether oxygens (including phenoxy) is 2. The first kappa shape index (κ1) is 23.1. The van der Waals surface area contributed by atoms with Gasteiger partial charge in [-0.25, -0.2) is 4.79 Å². The molecule has 4 rings (SSSR count). The van der Waals surface area contributed by atoms with E-state index in [2.05, 4.69) is 5.32 Å². The van der Waals surface area contributed by atoms with Crippen LogP contribution in [-0.2, 0) is 24.2 Å². The maximum absolute atomic E-state index is 12.9. The molecule has 7 heteroatoms. The minimum Gasteiger partial charge on any atom is -0.486 e. The van der Waals surface area contributed by atoms with Crippen LogP contribution >= 0.6 is 11.3 Å². The molecule has 2 heterocycles. The number of anilines is 1. The Kier molecular flexibility index (Phi) is 7.18. The number of rotatable bonds is 8. The molecule has 1 aliphatic carbocycles. The highest BCUT2D eigenvalue weighted by molar-refractivity contribution is 7.17. The van der Waals surface area contributed by atoms with Gasteiger partial charge in [0, 0.05) is 4.88 Å². The fourth-order valence-electron chi connectivity index (χ4n) is 3.80. The summed E-state index contributed by atoms with van der Waals surface area (Å²) in [6.45, 7) is 6.06. The number of esters is 1. The first-order valence-corrected chi connectivity index (χ1v) is 12.2. The Morgan fingerprint density at radius 1 is 1.18 bits per heavy atom. The summed E-state index contributed by atoms with van der Waals surface area (Å²) in [6, 6.07) is 11.1. The van der Waals surface area contributed by atoms with E-state index in [9.17, 15) is 9.59 Å². The van der Waals surface area contributed by atoms with Gasteiger partial charge >= 0.3 is 5.97 Å². The lowest BCUT2D eigenvalue weighted by Gasteiger charge is -2.15. The van der Waals surface area contributed by atoms with Crippen LogP contribution < -0.4 is 10.1 Å². The van der Waals surface area contributed by atoms with Crippen molar-refractivity contribution in [3.05, 3.63) is 69.5 Å². The van der Waals surface area contributed by atoms with Crippen LogP contribution in [-0.4, -0.2) is 18.0 Å². The summed E-state index contributed by atoms with van der Waals surface area (Å²) in [5.41, 5.74) is 2.62. The van der Waals surface area contributed by atoms with Crippen LogP contribution in [0.15, 0.2) is 40.8 Å². The predicted molar refractivity (Wildman–Crippen MR) is 128 cm³/mol. The zero-order valence-corrected chi connectivity index (χ0v) is 20.1. The van der Waals surface area contributed by atoms with E-state index in [0.717, 1.165) is 53.9 Å². The molecule has 0 bridgehead atoms. The van der Waals surface area contributed by atoms with E-state index >= 15 is 0 Å². The SMILES string of the molecule is CCC(C)OC(=O)c1c(NC(=O)c2ccc(COc3cccc(C)c3)o2)sc2c1CCCC2. The van der Waals surface area contributed by atoms with Crippen molar-refractivity contribution in [2.45, 2.75) is 65.6 Å². The number of carbonyl (C=O) groups is 2. The number of furan rings is 1. The maximum Gasteiger partial charge on any atom is 0.341 e. The second kappa shape index (κ2) is 10.3. The van der Waals surface area contributed by atoms with E-state index < -0.39 is 5.91 Å². The lowest BCUT2D eigenvalue weighted by molar-refractivity contribution is 0.0335. The van der Waals surface area contributed by atoms with E-state index in [1.54, 1.807) is 12.1 Å². The van der Waals surface area contributed by atoms with Crippen molar-refractivity contribution in [1.82, 2.24) is 0 Å². The van der Waals surface area contributed by atoms with Crippen molar-refractivity contribution in [1.29, 1.82) is 0 Å². The van der Waals surface area contributed by atoms with Crippen LogP contribution in [0.5, 0.6) is 5.75 Å². The predicted octanol–water partition coefficient (Wildman–Crippen LogP) is 6.31. The van der Waals surface area contributed by atoms with E-state index in [0.29, 0.717) is 16.3 Å². The molecule has 6 nitrogen and oxygen atoms in total. The summed E-state index contributed by atoms with van der Waals surface area (Å²) in [6.07, 6.45) is 4.42. The number of nitrogens with one attached hydrogen (secondary N) is 1. The zero-order valence-electron chi connectivity index (χ0n) is 19.2. The topological polar surface area (TPSA) is 77.8 Å². The number of carbonyl (C=O) groups excluding carboxylic acids is 2. The van der Waals surface area contributed by atoms with Crippen LogP contribution in [0.1, 0.15) is 75.8 Å². The average Bonchev–Trinajstić information content (AvgIpc) is 3.42. The summed E-state index contributed by atoms with van der Waals surface area (Å²) < 4.78 is 17.1. The van der Waals surface area contributed by atoms with Gasteiger partial charge in [-0.1, -0.05) is 19.1 Å². The normalized spacial score (nSPS) is 13.8. The first-order valence-electron chi connectivity index (χ1n) is 11.4. The number of benzene rings is 1. The van der Waals surface area contributed by atoms with Crippen molar-refractivity contribution < 1.29 is 23.5 Å². The zero-order chi connectivity index (χ0) is 23.4. The van der Waals surface area contributed by atoms with Crippen LogP contribution in [0.3, 0.4) is 0 Å². The molecular formula is C26H29NO5S. The van der Waals surface area contributed by atoms with Gasteiger partial charge in [0.25, 0.3) is 5.91 Å². The second-order valence-electron chi connectivity index (χ2n) is 8.36. The summed E-state index contributed by atoms with van der Waals surface area (Å²) in [4.78, 5) is 27.0. The minimum atomic E-state index is -0.395. The Morgan fingerprint density at radius 3 is 2.79 bits per heavy atom. The van der Waals surface area contributed by atoms with E-state index in [1.165, 1.54) is 11.3 Å². The molecule has 1 aromatic carbocycles. The lowest BCUT2D eigenvalue weighted by atomic mass is 9.95. The molecule has 1 atom stereocenters. The Balaban J connectivity index is 1.48. The Morgan fingerprint density at radius 2 is 2.00 bits per heavy atom. The molecule has 33 heavy (non-hydrogen) atoms. The molecule has 1 aliphatic rings. The molecule has 0 saturated carbocycles. The van der Waals surface area contributed by atoms with Crippen molar-refractivity contribution in [2.24, 2.45) is 0 Å². The van der Waals surface area contributed by atoms with Gasteiger partial charge in [0.1, 0.15) is 23.1 Å². The van der Waals surface area contributed by atoms with Gasteiger partial charge in [-0.05, 0) is 81.3 Å². The number of amides is 1. The lowest BCUT2D eigenvalue weighted by Crippen LogP contribution is -2.18. The van der Waals surface area contributed by atoms with Gasteiger partial charge < -0.3 is 19.2 Å². The van der Waals surface area contributed by atoms with E-state index in [-0.39, 0.29) is 24.4 Å². The number of hydrogen-bond acceptors (Lipinski definition) is 6. The molecule has 0 radical (unpaired) electrons. The maximum atomic E-state index is 12.9. The molecule has 3 aromatic rings. The van der Waals surface area contributed by atoms with Crippen LogP contribution in [0, 0.1) is 6.92 Å². The van der Waals surface area contributed by atoms with Crippen molar-refractivity contribution in [3.8, 4) is 5.75 Å². The molecule has 0 spiro atoms. The highest BCUT2D eigenvalue weighted by atomic mass is 32.1. The van der Waals surface area contributed by atoms with Crippen LogP contribution in [0.25, 0.3) is 0 Å². The summed E-state index contributed by atoms with van der Waals surface area (Å²) in [7, 11) is 0. The van der Waals surface area contributed by atoms with E-state index in [1.807, 2.05) is 45.0 Å². The number of fused-ring (bicyclic) bond motifs is 1. The number of hydrogen-bond donors (Lipinski definition) is 1. The van der Waals surface area contributed by atoms with Gasteiger partial charge in [0.15, 0.2) is 5.76 Å². The molecule has 2 aromatic heterocycles. The number of thiophene rings is 1. The quantitative estimate of drug-likeness (QED) is 0.393. The van der Waals surface area contributed by atoms with Gasteiger partial charge in [-0.2, -0.15) is 0 Å². The highest BCUT2D eigenvalue weighted by Crippen LogP contribution is 2.39. The largest absolute Gasteiger partial charge is 0.486 e. The molecule has 174 valence electrons. The molecule has 1 unspecified atom stereocenters. The van der Waals surface area contributed by atoms with Gasteiger partial charge in [0.05, 0.1) is 11.7 Å². The summed E-state index contributed by atoms with van der Waals surface area (Å²) in [5.74, 6) is 0.693. The van der Waals surface area contributed by atoms with Gasteiger partial charge in [-0.3, -0.25) is 4.79 Å². The summed E-state index contributed by atoms with van der Waals surface area (Å²) in [5, 5.41) is 3.43. The molecule has 0 saturated heterocycles. The Labute approximate surface area is 197 Å². The van der Waals surface area contributed by atoms with E-state index in [4.69, 9.17) is 13.9 Å². The molecule has 0 fully saturated rings. The molecule has 0 aliphatic heterocycles. The smallest absolute Gasteiger partial charge is 0.341 e. The third-order valence-corrected chi connectivity index (χ3v) is 6.95. The molecular weight excluding hydrogens is 438 g/mol. The fraction of sp³-hybridized carbons (Fsp3) is 0.385. The fourth-order valence-corrected chi connectivity index (χ4v) is 5.07. The average molecular weight is 468 g/mol. The van der Waals surface area contributed by atoms with Crippen LogP contribution in [0.4, 0.5) is 5.00 Å². The third-order valence-electron chi connectivity index (χ3n) is 5.74. The number of aryl methyl sites for hydroxylation is 2. The van der Waals surface area contributed by atoms with Crippen molar-refractivity contribution in [3.63, 3.8) is 0 Å². The van der Waals surface area contributed by atoms with Crippen LogP contribution in [0.2, 0.25) is 0 Å². The Hall–Kier alpha value is -3.06. The minimum absolute atomic E-state index is 0.172. The monoisotopic (exact) mass is 467 g/mol. The first-order chi connectivity index (χ1) is 15.9. The Bertz CT molecular complexity index is 1150. The third kappa shape index (κ3) is 5.47. The van der Waals surface area contributed by atoms with Gasteiger partial charge in [-0.15, -0.1) is 11.3 Å². The standard InChI is InChI=1S/C26H29NO5S/c1-4-17(3)31-26(29)23-20-10-5-6-11-22(20)33-25(23)27-24(28)21-13-12-19(32-21)15-30-18-9-7-8-16(2)14-18/h7-9,12-14,17H,4-6,10-11,15H2,1-3H3,(H,27,28). The van der Waals surface area contributed by atoms with Crippen molar-refractivity contribution >= 4 is 28.2 Å². The molecule has 1 amide bonds. The second-order valence-corrected chi connectivity index (χ2v) is 9.47. The van der Waals surface area contributed by atoms with Gasteiger partial charge in [0.2, 0.25) is 0 Å². The highest BCUT2D eigenvalue weighted by Gasteiger charge is 2.28. The van der Waals surface area contributed by atoms with Crippen molar-refractivity contribution in [2.75, 3.05) is 5.32 Å². The molecule has 1 N–H and O–H groups in total.